The van der Waals surface area contributed by atoms with Crippen LogP contribution in [0.15, 0.2) is 58.8 Å². The van der Waals surface area contributed by atoms with Crippen molar-refractivity contribution in [1.29, 1.82) is 0 Å². The Kier molecular flexibility index (Phi) is 16.4. The van der Waals surface area contributed by atoms with Crippen molar-refractivity contribution in [3.63, 3.8) is 0 Å². The second kappa shape index (κ2) is 21.4. The van der Waals surface area contributed by atoms with Crippen molar-refractivity contribution in [2.45, 2.75) is 126 Å². The minimum atomic E-state index is -4.68. The number of alkyl halides is 3. The fourth-order valence-electron chi connectivity index (χ4n) is 7.17. The molecule has 4 atom stereocenters. The van der Waals surface area contributed by atoms with E-state index in [-0.39, 0.29) is 47.0 Å². The lowest BCUT2D eigenvalue weighted by molar-refractivity contribution is -0.166. The van der Waals surface area contributed by atoms with Crippen molar-refractivity contribution < 1.29 is 41.9 Å². The standard InChI is InChI=1S/C41H54F3N7O6S/c1-2-3-15-32(57-38(55)27-19-21-28(22-20-27)40(50-51-40)41(42,43)44)29-13-6-7-14-30(29)37(54)47-25-12-11-24-46-34(52)17-5-4-10-23-45-35(53)18-9-8-16-33-36-31(26-58-33)48-39(56)49-36/h6-7,13-14,19-22,31-33,36H,2-5,8-12,15-18,23-26H2,1H3,(H,45,53)(H,46,52)(H,47,54)(H2,48,49,56)/t31-,32?,33-,36-/m1/s1. The highest BCUT2D eigenvalue weighted by Gasteiger charge is 2.65. The Morgan fingerprint density at radius 1 is 0.845 bits per heavy atom. The minimum absolute atomic E-state index is 0.0375. The highest BCUT2D eigenvalue weighted by atomic mass is 32.2. The van der Waals surface area contributed by atoms with Crippen LogP contribution in [0.25, 0.3) is 0 Å². The fraction of sp³-hybridized carbons (Fsp3) is 0.585. The molecule has 0 bridgehead atoms. The topological polar surface area (TPSA) is 179 Å². The molecule has 17 heteroatoms. The van der Waals surface area contributed by atoms with E-state index in [0.29, 0.717) is 74.5 Å². The predicted molar refractivity (Wildman–Crippen MR) is 213 cm³/mol. The van der Waals surface area contributed by atoms with Crippen molar-refractivity contribution in [2.75, 3.05) is 25.4 Å². The van der Waals surface area contributed by atoms with Crippen molar-refractivity contribution in [3.8, 4) is 0 Å². The maximum absolute atomic E-state index is 13.4. The summed E-state index contributed by atoms with van der Waals surface area (Å²) in [5.41, 5.74) is -1.82. The van der Waals surface area contributed by atoms with Gasteiger partial charge in [-0.15, -0.1) is 10.2 Å². The van der Waals surface area contributed by atoms with E-state index in [1.165, 1.54) is 12.1 Å². The van der Waals surface area contributed by atoms with Gasteiger partial charge in [-0.3, -0.25) is 14.4 Å². The summed E-state index contributed by atoms with van der Waals surface area (Å²) >= 11 is 1.88. The van der Waals surface area contributed by atoms with Crippen LogP contribution in [0.1, 0.15) is 128 Å². The number of nitrogens with zero attached hydrogens (tertiary/aromatic N) is 2. The lowest BCUT2D eigenvalue weighted by atomic mass is 9.97. The van der Waals surface area contributed by atoms with E-state index in [1.807, 2.05) is 18.7 Å². The normalized spacial score (nSPS) is 19.4. The third kappa shape index (κ3) is 12.4. The zero-order valence-electron chi connectivity index (χ0n) is 32.8. The van der Waals surface area contributed by atoms with Gasteiger partial charge in [0.25, 0.3) is 5.91 Å². The monoisotopic (exact) mass is 829 g/mol. The van der Waals surface area contributed by atoms with Crippen molar-refractivity contribution in [1.82, 2.24) is 26.6 Å². The van der Waals surface area contributed by atoms with Gasteiger partial charge in [-0.2, -0.15) is 24.9 Å². The van der Waals surface area contributed by atoms with Gasteiger partial charge in [0, 0.05) is 60.2 Å². The zero-order valence-corrected chi connectivity index (χ0v) is 33.7. The Bertz CT molecular complexity index is 1760. The Labute approximate surface area is 341 Å². The van der Waals surface area contributed by atoms with Crippen LogP contribution in [-0.4, -0.2) is 78.6 Å². The third-order valence-electron chi connectivity index (χ3n) is 10.5. The number of fused-ring (bicyclic) bond motifs is 1. The Balaban J connectivity index is 0.923. The molecule has 0 spiro atoms. The summed E-state index contributed by atoms with van der Waals surface area (Å²) in [5.74, 6) is -0.119. The summed E-state index contributed by atoms with van der Waals surface area (Å²) in [5, 5.41) is 21.5. The predicted octanol–water partition coefficient (Wildman–Crippen LogP) is 6.98. The largest absolute Gasteiger partial charge is 0.454 e. The molecule has 5 N–H and O–H groups in total. The maximum atomic E-state index is 13.4. The molecule has 3 heterocycles. The Morgan fingerprint density at radius 2 is 1.48 bits per heavy atom. The molecule has 0 aliphatic carbocycles. The summed E-state index contributed by atoms with van der Waals surface area (Å²) in [6, 6.07) is 12.0. The number of esters is 1. The lowest BCUT2D eigenvalue weighted by Gasteiger charge is -2.21. The molecule has 316 valence electrons. The van der Waals surface area contributed by atoms with Crippen LogP contribution in [0.4, 0.5) is 18.0 Å². The molecule has 5 rings (SSSR count). The SMILES string of the molecule is CCCCC(OC(=O)c1ccc(C2(C(F)(F)F)N=N2)cc1)c1ccccc1C(=O)NCCCCNC(=O)CCCCCNC(=O)CCCC[C@H]1SC[C@H]2NC(=O)N[C@H]21. The number of unbranched alkanes of at least 4 members (excludes halogenated alkanes) is 5. The van der Waals surface area contributed by atoms with E-state index in [2.05, 4.69) is 36.8 Å². The highest BCUT2D eigenvalue weighted by Crippen LogP contribution is 2.52. The second-order valence-electron chi connectivity index (χ2n) is 14.9. The van der Waals surface area contributed by atoms with Crippen LogP contribution in [0, 0.1) is 0 Å². The fourth-order valence-corrected chi connectivity index (χ4v) is 8.72. The minimum Gasteiger partial charge on any atom is -0.454 e. The van der Waals surface area contributed by atoms with Gasteiger partial charge < -0.3 is 31.3 Å². The summed E-state index contributed by atoms with van der Waals surface area (Å²) in [7, 11) is 0. The lowest BCUT2D eigenvalue weighted by Crippen LogP contribution is -2.36. The van der Waals surface area contributed by atoms with Gasteiger partial charge in [0.15, 0.2) is 0 Å². The molecule has 2 aromatic rings. The van der Waals surface area contributed by atoms with Gasteiger partial charge in [-0.25, -0.2) is 9.59 Å². The maximum Gasteiger partial charge on any atom is 0.442 e. The molecule has 2 aromatic carbocycles. The summed E-state index contributed by atoms with van der Waals surface area (Å²) in [6.07, 6.45) is 3.80. The Hall–Kier alpha value is -4.67. The number of nitrogens with one attached hydrogen (secondary N) is 5. The van der Waals surface area contributed by atoms with E-state index >= 15 is 0 Å². The number of hydrogen-bond donors (Lipinski definition) is 5. The number of thioether (sulfide) groups is 1. The summed E-state index contributed by atoms with van der Waals surface area (Å²) in [4.78, 5) is 62.4. The van der Waals surface area contributed by atoms with E-state index in [4.69, 9.17) is 4.74 Å². The molecular formula is C41H54F3N7O6S. The van der Waals surface area contributed by atoms with Gasteiger partial charge in [0.2, 0.25) is 11.8 Å². The number of benzene rings is 2. The molecule has 3 aliphatic rings. The molecule has 2 saturated heterocycles. The average molecular weight is 830 g/mol. The van der Waals surface area contributed by atoms with Gasteiger partial charge >= 0.3 is 23.8 Å². The van der Waals surface area contributed by atoms with Gasteiger partial charge in [-0.1, -0.05) is 56.5 Å². The highest BCUT2D eigenvalue weighted by molar-refractivity contribution is 8.00. The number of rotatable bonds is 24. The van der Waals surface area contributed by atoms with Gasteiger partial charge in [0.1, 0.15) is 6.10 Å². The van der Waals surface area contributed by atoms with Crippen molar-refractivity contribution in [3.05, 3.63) is 70.8 Å². The first-order valence-electron chi connectivity index (χ1n) is 20.3. The molecule has 2 fully saturated rings. The molecular weight excluding hydrogens is 776 g/mol. The smallest absolute Gasteiger partial charge is 0.442 e. The number of carbonyl (C=O) groups excluding carboxylic acids is 5. The molecule has 1 unspecified atom stereocenters. The van der Waals surface area contributed by atoms with E-state index in [1.54, 1.807) is 24.3 Å². The van der Waals surface area contributed by atoms with Crippen LogP contribution in [0.2, 0.25) is 0 Å². The Morgan fingerprint density at radius 3 is 2.14 bits per heavy atom. The molecule has 0 saturated carbocycles. The van der Waals surface area contributed by atoms with Gasteiger partial charge in [-0.05, 0) is 69.6 Å². The second-order valence-corrected chi connectivity index (χ2v) is 16.2. The summed E-state index contributed by atoms with van der Waals surface area (Å²) in [6.45, 7) is 3.42. The van der Waals surface area contributed by atoms with Crippen LogP contribution < -0.4 is 26.6 Å². The quantitative estimate of drug-likeness (QED) is 0.0430. The van der Waals surface area contributed by atoms with E-state index in [9.17, 15) is 37.1 Å². The molecule has 5 amide bonds. The number of amides is 5. The number of halogens is 3. The van der Waals surface area contributed by atoms with Crippen LogP contribution in [0.3, 0.4) is 0 Å². The molecule has 13 nitrogen and oxygen atoms in total. The molecule has 3 aliphatic heterocycles. The van der Waals surface area contributed by atoms with Gasteiger partial charge in [0.05, 0.1) is 17.6 Å². The molecule has 0 aromatic heterocycles. The number of urea groups is 1. The zero-order chi connectivity index (χ0) is 41.5. The van der Waals surface area contributed by atoms with Crippen molar-refractivity contribution >= 4 is 41.5 Å². The first-order chi connectivity index (χ1) is 27.9. The first-order valence-corrected chi connectivity index (χ1v) is 21.4. The van der Waals surface area contributed by atoms with Crippen LogP contribution >= 0.6 is 11.8 Å². The third-order valence-corrected chi connectivity index (χ3v) is 12.0. The van der Waals surface area contributed by atoms with Crippen LogP contribution in [-0.2, 0) is 20.0 Å². The molecule has 58 heavy (non-hydrogen) atoms. The first kappa shape index (κ1) is 44.4. The summed E-state index contributed by atoms with van der Waals surface area (Å²) < 4.78 is 46.0. The number of hydrogen-bond acceptors (Lipinski definition) is 9. The van der Waals surface area contributed by atoms with Crippen LogP contribution in [0.5, 0.6) is 0 Å². The number of ether oxygens (including phenoxy) is 1. The van der Waals surface area contributed by atoms with E-state index in [0.717, 1.165) is 62.8 Å². The van der Waals surface area contributed by atoms with E-state index < -0.39 is 23.9 Å². The van der Waals surface area contributed by atoms with Crippen molar-refractivity contribution in [2.24, 2.45) is 10.2 Å². The molecule has 0 radical (unpaired) electrons. The average Bonchev–Trinajstić information content (AvgIpc) is 3.85. The number of carbonyl (C=O) groups is 5.